The summed E-state index contributed by atoms with van der Waals surface area (Å²) >= 11 is 0. The summed E-state index contributed by atoms with van der Waals surface area (Å²) in [5.41, 5.74) is 4.00. The Kier molecular flexibility index (Phi) is 6.10. The van der Waals surface area contributed by atoms with Crippen LogP contribution in [0.25, 0.3) is 0 Å². The predicted octanol–water partition coefficient (Wildman–Crippen LogP) is 4.37. The third-order valence-electron chi connectivity index (χ3n) is 4.43. The van der Waals surface area contributed by atoms with Gasteiger partial charge < -0.3 is 15.2 Å². The number of aryl methyl sites for hydroxylation is 2. The van der Waals surface area contributed by atoms with Gasteiger partial charge in [0, 0.05) is 5.69 Å². The summed E-state index contributed by atoms with van der Waals surface area (Å²) in [6.45, 7) is 0. The number of amides is 1. The number of benzene rings is 3. The van der Waals surface area contributed by atoms with E-state index in [9.17, 15) is 9.90 Å². The average Bonchev–Trinajstić information content (AvgIpc) is 2.69. The summed E-state index contributed by atoms with van der Waals surface area (Å²) in [6.07, 6.45) is 1.99. The number of phenols is 1. The minimum absolute atomic E-state index is 0.0629. The van der Waals surface area contributed by atoms with E-state index in [4.69, 9.17) is 4.74 Å². The zero-order valence-corrected chi connectivity index (χ0v) is 15.3. The molecule has 0 aliphatic carbocycles. The minimum atomic E-state index is -0.102. The Hall–Kier alpha value is -3.27. The molecule has 0 saturated carbocycles. The molecule has 0 saturated heterocycles. The number of methoxy groups -OCH3 is 1. The molecule has 0 unspecified atom stereocenters. The normalized spacial score (nSPS) is 10.4. The second-order valence-corrected chi connectivity index (χ2v) is 6.37. The lowest BCUT2D eigenvalue weighted by molar-refractivity contribution is -0.115. The Labute approximate surface area is 159 Å². The Morgan fingerprint density at radius 3 is 2.44 bits per heavy atom. The number of aromatic hydroxyl groups is 1. The fraction of sp³-hybridized carbons (Fsp3) is 0.174. The van der Waals surface area contributed by atoms with Gasteiger partial charge in [-0.1, -0.05) is 54.6 Å². The molecule has 0 atom stereocenters. The van der Waals surface area contributed by atoms with Crippen molar-refractivity contribution in [1.29, 1.82) is 0 Å². The third-order valence-corrected chi connectivity index (χ3v) is 4.43. The zero-order chi connectivity index (χ0) is 19.1. The number of phenolic OH excluding ortho intramolecular Hbond substituents is 1. The molecule has 0 aliphatic rings. The smallest absolute Gasteiger partial charge is 0.228 e. The maximum atomic E-state index is 12.5. The van der Waals surface area contributed by atoms with Gasteiger partial charge in [0.2, 0.25) is 5.91 Å². The number of hydrogen-bond donors (Lipinski definition) is 2. The highest BCUT2D eigenvalue weighted by molar-refractivity contribution is 5.93. The van der Waals surface area contributed by atoms with Gasteiger partial charge in [0.1, 0.15) is 0 Å². The van der Waals surface area contributed by atoms with Crippen molar-refractivity contribution in [2.45, 2.75) is 19.3 Å². The van der Waals surface area contributed by atoms with Crippen LogP contribution >= 0.6 is 0 Å². The van der Waals surface area contributed by atoms with Gasteiger partial charge in [0.15, 0.2) is 11.5 Å². The van der Waals surface area contributed by atoms with E-state index in [0.717, 1.165) is 29.7 Å². The van der Waals surface area contributed by atoms with Crippen LogP contribution in [0.1, 0.15) is 16.7 Å². The summed E-state index contributed by atoms with van der Waals surface area (Å²) in [4.78, 5) is 12.5. The third kappa shape index (κ3) is 5.11. The van der Waals surface area contributed by atoms with Crippen molar-refractivity contribution in [2.24, 2.45) is 0 Å². The lowest BCUT2D eigenvalue weighted by Crippen LogP contribution is -2.15. The van der Waals surface area contributed by atoms with Gasteiger partial charge in [-0.3, -0.25) is 4.79 Å². The first-order valence-electron chi connectivity index (χ1n) is 8.93. The van der Waals surface area contributed by atoms with E-state index in [1.165, 1.54) is 18.7 Å². The van der Waals surface area contributed by atoms with E-state index < -0.39 is 0 Å². The largest absolute Gasteiger partial charge is 0.504 e. The van der Waals surface area contributed by atoms with Gasteiger partial charge in [-0.2, -0.15) is 0 Å². The number of carbonyl (C=O) groups is 1. The molecule has 3 aromatic carbocycles. The zero-order valence-electron chi connectivity index (χ0n) is 15.3. The molecule has 0 aliphatic heterocycles. The topological polar surface area (TPSA) is 58.6 Å². The number of hydrogen-bond acceptors (Lipinski definition) is 3. The van der Waals surface area contributed by atoms with E-state index in [1.54, 1.807) is 12.1 Å². The Morgan fingerprint density at radius 1 is 0.926 bits per heavy atom. The molecular formula is C23H23NO3. The summed E-state index contributed by atoms with van der Waals surface area (Å²) < 4.78 is 5.10. The maximum Gasteiger partial charge on any atom is 0.228 e. The van der Waals surface area contributed by atoms with Crippen LogP contribution in [-0.4, -0.2) is 18.1 Å². The first-order valence-corrected chi connectivity index (χ1v) is 8.93. The highest BCUT2D eigenvalue weighted by Crippen LogP contribution is 2.26. The van der Waals surface area contributed by atoms with E-state index in [-0.39, 0.29) is 18.1 Å². The molecule has 0 aromatic heterocycles. The van der Waals surface area contributed by atoms with Crippen molar-refractivity contribution in [3.05, 3.63) is 89.5 Å². The van der Waals surface area contributed by atoms with Crippen molar-refractivity contribution in [2.75, 3.05) is 12.4 Å². The SMILES string of the molecule is COc1cc(CC(=O)Nc2ccccc2CCc2ccccc2)ccc1O. The molecule has 0 spiro atoms. The molecular weight excluding hydrogens is 338 g/mol. The number of para-hydroxylation sites is 1. The molecule has 27 heavy (non-hydrogen) atoms. The van der Waals surface area contributed by atoms with E-state index in [0.29, 0.717) is 5.75 Å². The number of rotatable bonds is 7. The predicted molar refractivity (Wildman–Crippen MR) is 107 cm³/mol. The van der Waals surface area contributed by atoms with Gasteiger partial charge in [-0.15, -0.1) is 0 Å². The number of carbonyl (C=O) groups excluding carboxylic acids is 1. The van der Waals surface area contributed by atoms with Crippen LogP contribution in [0, 0.1) is 0 Å². The summed E-state index contributed by atoms with van der Waals surface area (Å²) in [5.74, 6) is 0.325. The number of ether oxygens (including phenoxy) is 1. The van der Waals surface area contributed by atoms with Crippen molar-refractivity contribution in [3.63, 3.8) is 0 Å². The molecule has 3 aromatic rings. The molecule has 4 nitrogen and oxygen atoms in total. The number of anilines is 1. The molecule has 3 rings (SSSR count). The van der Waals surface area contributed by atoms with Gasteiger partial charge in [0.25, 0.3) is 0 Å². The molecule has 0 radical (unpaired) electrons. The van der Waals surface area contributed by atoms with Crippen LogP contribution in [0.15, 0.2) is 72.8 Å². The Balaban J connectivity index is 1.65. The van der Waals surface area contributed by atoms with Crippen LogP contribution in [0.5, 0.6) is 11.5 Å². The quantitative estimate of drug-likeness (QED) is 0.657. The molecule has 0 fully saturated rings. The van der Waals surface area contributed by atoms with Gasteiger partial charge in [-0.05, 0) is 47.7 Å². The molecule has 2 N–H and O–H groups in total. The lowest BCUT2D eigenvalue weighted by atomic mass is 10.0. The average molecular weight is 361 g/mol. The first-order chi connectivity index (χ1) is 13.2. The van der Waals surface area contributed by atoms with Crippen LogP contribution in [0.3, 0.4) is 0 Å². The van der Waals surface area contributed by atoms with Crippen molar-refractivity contribution >= 4 is 11.6 Å². The van der Waals surface area contributed by atoms with E-state index >= 15 is 0 Å². The highest BCUT2D eigenvalue weighted by atomic mass is 16.5. The van der Waals surface area contributed by atoms with Gasteiger partial charge >= 0.3 is 0 Å². The second kappa shape index (κ2) is 8.90. The monoisotopic (exact) mass is 361 g/mol. The van der Waals surface area contributed by atoms with Gasteiger partial charge in [0.05, 0.1) is 13.5 Å². The van der Waals surface area contributed by atoms with E-state index in [1.807, 2.05) is 42.5 Å². The highest BCUT2D eigenvalue weighted by Gasteiger charge is 2.10. The van der Waals surface area contributed by atoms with Crippen LogP contribution < -0.4 is 10.1 Å². The summed E-state index contributed by atoms with van der Waals surface area (Å²) in [6, 6.07) is 23.1. The molecule has 1 amide bonds. The molecule has 0 heterocycles. The van der Waals surface area contributed by atoms with Crippen molar-refractivity contribution in [1.82, 2.24) is 0 Å². The fourth-order valence-electron chi connectivity index (χ4n) is 3.00. The number of nitrogens with one attached hydrogen (secondary N) is 1. The standard InChI is InChI=1S/C23H23NO3/c1-27-22-15-18(12-14-21(22)25)16-23(26)24-20-10-6-5-9-19(20)13-11-17-7-3-2-4-8-17/h2-10,12,14-15,25H,11,13,16H2,1H3,(H,24,26). The Bertz CT molecular complexity index is 907. The van der Waals surface area contributed by atoms with E-state index in [2.05, 4.69) is 17.4 Å². The second-order valence-electron chi connectivity index (χ2n) is 6.37. The first kappa shape index (κ1) is 18.5. The molecule has 4 heteroatoms. The lowest BCUT2D eigenvalue weighted by Gasteiger charge is -2.12. The molecule has 0 bridgehead atoms. The minimum Gasteiger partial charge on any atom is -0.504 e. The maximum absolute atomic E-state index is 12.5. The van der Waals surface area contributed by atoms with Crippen LogP contribution in [-0.2, 0) is 24.1 Å². The van der Waals surface area contributed by atoms with Crippen molar-refractivity contribution in [3.8, 4) is 11.5 Å². The fourth-order valence-corrected chi connectivity index (χ4v) is 3.00. The molecule has 138 valence electrons. The van der Waals surface area contributed by atoms with Crippen LogP contribution in [0.2, 0.25) is 0 Å². The van der Waals surface area contributed by atoms with Crippen molar-refractivity contribution < 1.29 is 14.6 Å². The summed E-state index contributed by atoms with van der Waals surface area (Å²) in [5, 5.41) is 12.7. The van der Waals surface area contributed by atoms with Gasteiger partial charge in [-0.25, -0.2) is 0 Å². The van der Waals surface area contributed by atoms with Crippen LogP contribution in [0.4, 0.5) is 5.69 Å². The Morgan fingerprint density at radius 2 is 1.67 bits per heavy atom. The summed E-state index contributed by atoms with van der Waals surface area (Å²) in [7, 11) is 1.49.